The highest BCUT2D eigenvalue weighted by Gasteiger charge is 1.96. The molecule has 0 aliphatic carbocycles. The van der Waals surface area contributed by atoms with E-state index in [0.717, 1.165) is 11.1 Å². The summed E-state index contributed by atoms with van der Waals surface area (Å²) in [5.74, 6) is 0. The van der Waals surface area contributed by atoms with Crippen molar-refractivity contribution in [1.29, 1.82) is 0 Å². The summed E-state index contributed by atoms with van der Waals surface area (Å²) in [6.07, 6.45) is 1.73. The first-order valence-electron chi connectivity index (χ1n) is 4.26. The third kappa shape index (κ3) is 3.26. The highest BCUT2D eigenvalue weighted by molar-refractivity contribution is 5.63. The molecule has 1 aromatic carbocycles. The minimum atomic E-state index is 0.566. The zero-order valence-corrected chi connectivity index (χ0v) is 7.70. The summed E-state index contributed by atoms with van der Waals surface area (Å²) < 4.78 is 5.28. The van der Waals surface area contributed by atoms with Gasteiger partial charge in [-0.25, -0.2) is 0 Å². The van der Waals surface area contributed by atoms with Crippen molar-refractivity contribution < 1.29 is 4.74 Å². The van der Waals surface area contributed by atoms with Gasteiger partial charge < -0.3 is 4.74 Å². The Morgan fingerprint density at radius 1 is 1.31 bits per heavy atom. The molecule has 0 aliphatic heterocycles. The summed E-state index contributed by atoms with van der Waals surface area (Å²) >= 11 is 0. The van der Waals surface area contributed by atoms with Crippen LogP contribution in [0.3, 0.4) is 0 Å². The van der Waals surface area contributed by atoms with Crippen LogP contribution in [-0.4, -0.2) is 13.2 Å². The molecule has 0 unspecified atom stereocenters. The van der Waals surface area contributed by atoms with Gasteiger partial charge in [0.05, 0.1) is 13.2 Å². The predicted molar refractivity (Wildman–Crippen MR) is 56.5 cm³/mol. The molecule has 0 fully saturated rings. The summed E-state index contributed by atoms with van der Waals surface area (Å²) in [4.78, 5) is 0. The minimum absolute atomic E-state index is 0.566. The van der Waals surface area contributed by atoms with E-state index < -0.39 is 0 Å². The first kappa shape index (κ1) is 9.75. The van der Waals surface area contributed by atoms with Crippen molar-refractivity contribution in [3.05, 3.63) is 55.1 Å². The lowest BCUT2D eigenvalue weighted by atomic mass is 10.1. The highest BCUT2D eigenvalue weighted by atomic mass is 16.5. The van der Waals surface area contributed by atoms with Gasteiger partial charge in [0.25, 0.3) is 0 Å². The Kier molecular flexibility index (Phi) is 4.00. The molecule has 0 saturated heterocycles. The van der Waals surface area contributed by atoms with Gasteiger partial charge >= 0.3 is 0 Å². The monoisotopic (exact) mass is 174 g/mol. The van der Waals surface area contributed by atoms with Crippen molar-refractivity contribution >= 4 is 5.57 Å². The zero-order valence-electron chi connectivity index (χ0n) is 7.70. The fourth-order valence-corrected chi connectivity index (χ4v) is 1.02. The van der Waals surface area contributed by atoms with Crippen molar-refractivity contribution in [1.82, 2.24) is 0 Å². The quantitative estimate of drug-likeness (QED) is 0.492. The number of ether oxygens (including phenoxy) is 1. The normalized spacial score (nSPS) is 9.54. The van der Waals surface area contributed by atoms with Gasteiger partial charge in [-0.1, -0.05) is 43.0 Å². The van der Waals surface area contributed by atoms with E-state index >= 15 is 0 Å². The van der Waals surface area contributed by atoms with Gasteiger partial charge in [0.2, 0.25) is 0 Å². The molecule has 1 aromatic rings. The Bertz CT molecular complexity index is 274. The predicted octanol–water partition coefficient (Wildman–Crippen LogP) is 2.90. The van der Waals surface area contributed by atoms with Gasteiger partial charge in [0, 0.05) is 0 Å². The lowest BCUT2D eigenvalue weighted by molar-refractivity contribution is 0.199. The van der Waals surface area contributed by atoms with Crippen LogP contribution >= 0.6 is 0 Å². The zero-order chi connectivity index (χ0) is 9.52. The fraction of sp³-hybridized carbons (Fsp3) is 0.167. The number of hydrogen-bond acceptors (Lipinski definition) is 1. The maximum atomic E-state index is 5.28. The Balaban J connectivity index is 2.45. The third-order valence-electron chi connectivity index (χ3n) is 1.69. The third-order valence-corrected chi connectivity index (χ3v) is 1.69. The molecule has 0 aromatic heterocycles. The summed E-state index contributed by atoms with van der Waals surface area (Å²) in [6.45, 7) is 8.65. The van der Waals surface area contributed by atoms with Crippen LogP contribution in [0.2, 0.25) is 0 Å². The largest absolute Gasteiger partial charge is 0.373 e. The van der Waals surface area contributed by atoms with Gasteiger partial charge in [0.15, 0.2) is 0 Å². The molecule has 1 heteroatoms. The average molecular weight is 174 g/mol. The molecule has 68 valence electrons. The van der Waals surface area contributed by atoms with Crippen LogP contribution < -0.4 is 0 Å². The van der Waals surface area contributed by atoms with Gasteiger partial charge in [-0.3, -0.25) is 0 Å². The molecule has 13 heavy (non-hydrogen) atoms. The number of hydrogen-bond donors (Lipinski definition) is 0. The molecule has 0 aliphatic rings. The molecule has 0 atom stereocenters. The minimum Gasteiger partial charge on any atom is -0.373 e. The van der Waals surface area contributed by atoms with Gasteiger partial charge in [-0.05, 0) is 11.1 Å². The number of benzene rings is 1. The van der Waals surface area contributed by atoms with Crippen molar-refractivity contribution in [2.24, 2.45) is 0 Å². The Morgan fingerprint density at radius 3 is 2.62 bits per heavy atom. The first-order chi connectivity index (χ1) is 6.34. The van der Waals surface area contributed by atoms with E-state index in [2.05, 4.69) is 13.2 Å². The van der Waals surface area contributed by atoms with Gasteiger partial charge in [0.1, 0.15) is 0 Å². The second-order valence-electron chi connectivity index (χ2n) is 2.77. The summed E-state index contributed by atoms with van der Waals surface area (Å²) in [6, 6.07) is 10.0. The molecule has 0 N–H and O–H groups in total. The molecule has 0 heterocycles. The lowest BCUT2D eigenvalue weighted by Crippen LogP contribution is -1.96. The maximum Gasteiger partial charge on any atom is 0.0721 e. The van der Waals surface area contributed by atoms with Gasteiger partial charge in [-0.15, -0.1) is 6.58 Å². The molecule has 0 spiro atoms. The van der Waals surface area contributed by atoms with Crippen molar-refractivity contribution in [3.63, 3.8) is 0 Å². The van der Waals surface area contributed by atoms with Crippen LogP contribution in [0.4, 0.5) is 0 Å². The van der Waals surface area contributed by atoms with Gasteiger partial charge in [-0.2, -0.15) is 0 Å². The molecule has 0 saturated carbocycles. The van der Waals surface area contributed by atoms with E-state index in [1.807, 2.05) is 30.3 Å². The first-order valence-corrected chi connectivity index (χ1v) is 4.26. The Hall–Kier alpha value is -1.34. The van der Waals surface area contributed by atoms with E-state index in [9.17, 15) is 0 Å². The topological polar surface area (TPSA) is 9.23 Å². The smallest absolute Gasteiger partial charge is 0.0721 e. The second kappa shape index (κ2) is 5.33. The lowest BCUT2D eigenvalue weighted by Gasteiger charge is -2.04. The van der Waals surface area contributed by atoms with Crippen molar-refractivity contribution in [2.75, 3.05) is 13.2 Å². The van der Waals surface area contributed by atoms with Crippen LogP contribution in [0.5, 0.6) is 0 Å². The molecule has 0 bridgehead atoms. The van der Waals surface area contributed by atoms with Crippen LogP contribution in [0.25, 0.3) is 5.57 Å². The Labute approximate surface area is 79.4 Å². The summed E-state index contributed by atoms with van der Waals surface area (Å²) in [5.41, 5.74) is 2.13. The fourth-order valence-electron chi connectivity index (χ4n) is 1.02. The molecule has 1 nitrogen and oxygen atoms in total. The molecular weight excluding hydrogens is 160 g/mol. The van der Waals surface area contributed by atoms with Crippen molar-refractivity contribution in [2.45, 2.75) is 0 Å². The summed E-state index contributed by atoms with van der Waals surface area (Å²) in [5, 5.41) is 0. The highest BCUT2D eigenvalue weighted by Crippen LogP contribution is 2.11. The number of rotatable bonds is 5. The standard InChI is InChI=1S/C12H14O/c1-3-9-13-10-11(2)12-7-5-4-6-8-12/h3-8H,1-2,9-10H2. The van der Waals surface area contributed by atoms with Crippen LogP contribution in [0.1, 0.15) is 5.56 Å². The van der Waals surface area contributed by atoms with Crippen molar-refractivity contribution in [3.8, 4) is 0 Å². The average Bonchev–Trinajstić information content (AvgIpc) is 2.19. The van der Waals surface area contributed by atoms with Crippen LogP contribution in [-0.2, 0) is 4.74 Å². The van der Waals surface area contributed by atoms with E-state index in [0.29, 0.717) is 13.2 Å². The Morgan fingerprint density at radius 2 is 2.00 bits per heavy atom. The second-order valence-corrected chi connectivity index (χ2v) is 2.77. The van der Waals surface area contributed by atoms with E-state index in [-0.39, 0.29) is 0 Å². The molecule has 0 radical (unpaired) electrons. The maximum absolute atomic E-state index is 5.28. The molecule has 1 rings (SSSR count). The summed E-state index contributed by atoms with van der Waals surface area (Å²) in [7, 11) is 0. The van der Waals surface area contributed by atoms with E-state index in [1.54, 1.807) is 6.08 Å². The van der Waals surface area contributed by atoms with E-state index in [1.165, 1.54) is 0 Å². The van der Waals surface area contributed by atoms with E-state index in [4.69, 9.17) is 4.74 Å². The van der Waals surface area contributed by atoms with Crippen LogP contribution in [0, 0.1) is 0 Å². The van der Waals surface area contributed by atoms with Crippen LogP contribution in [0.15, 0.2) is 49.6 Å². The molecular formula is C12H14O. The SMILES string of the molecule is C=CCOCC(=C)c1ccccc1. The molecule has 0 amide bonds.